The lowest BCUT2D eigenvalue weighted by Gasteiger charge is -2.24. The third kappa shape index (κ3) is 5.56. The molecule has 1 aromatic heterocycles. The smallest absolute Gasteiger partial charge is 0.406 e. The Morgan fingerprint density at radius 2 is 1.88 bits per heavy atom. The number of rotatable bonds is 6. The topological polar surface area (TPSA) is 29.5 Å². The molecule has 3 nitrogen and oxygen atoms in total. The van der Waals surface area contributed by atoms with Crippen molar-refractivity contribution in [1.82, 2.24) is 4.90 Å². The van der Waals surface area contributed by atoms with Crippen LogP contribution in [-0.2, 0) is 6.54 Å². The summed E-state index contributed by atoms with van der Waals surface area (Å²) in [5.41, 5.74) is 0.878. The molecular weight excluding hydrogens is 339 g/mol. The molecule has 0 N–H and O–H groups in total. The summed E-state index contributed by atoms with van der Waals surface area (Å²) < 4.78 is 43.9. The summed E-state index contributed by atoms with van der Waals surface area (Å²) in [5, 5.41) is 3.50. The van der Waals surface area contributed by atoms with Crippen LogP contribution in [0.4, 0.5) is 13.2 Å². The normalized spacial score (nSPS) is 11.6. The summed E-state index contributed by atoms with van der Waals surface area (Å²) in [4.78, 5) is 13.3. The SMILES string of the molecule is CC(C)Oc1ccc(C(=O)N(Cc2ccsc2)CC(F)(F)F)cc1. The van der Waals surface area contributed by atoms with Crippen LogP contribution in [0.5, 0.6) is 5.75 Å². The second-order valence-corrected chi connectivity index (χ2v) is 6.38. The number of nitrogens with zero attached hydrogens (tertiary/aromatic N) is 1. The second kappa shape index (κ2) is 7.70. The van der Waals surface area contributed by atoms with Crippen LogP contribution in [0.3, 0.4) is 0 Å². The minimum absolute atomic E-state index is 0.0214. The molecule has 0 radical (unpaired) electrons. The number of amides is 1. The fraction of sp³-hybridized carbons (Fsp3) is 0.353. The van der Waals surface area contributed by atoms with Gasteiger partial charge in [-0.25, -0.2) is 0 Å². The molecule has 1 aromatic carbocycles. The average Bonchev–Trinajstić information content (AvgIpc) is 2.97. The molecule has 0 saturated carbocycles. The Kier molecular flexibility index (Phi) is 5.88. The number of carbonyl (C=O) groups is 1. The van der Waals surface area contributed by atoms with E-state index in [1.54, 1.807) is 29.0 Å². The van der Waals surface area contributed by atoms with Gasteiger partial charge in [-0.2, -0.15) is 24.5 Å². The van der Waals surface area contributed by atoms with Gasteiger partial charge < -0.3 is 9.64 Å². The molecule has 0 fully saturated rings. The zero-order valence-corrected chi connectivity index (χ0v) is 14.2. The van der Waals surface area contributed by atoms with Gasteiger partial charge in [0, 0.05) is 12.1 Å². The molecule has 0 atom stereocenters. The van der Waals surface area contributed by atoms with Crippen molar-refractivity contribution in [1.29, 1.82) is 0 Å². The number of carbonyl (C=O) groups excluding carboxylic acids is 1. The van der Waals surface area contributed by atoms with E-state index in [0.29, 0.717) is 11.3 Å². The molecule has 0 bridgehead atoms. The predicted octanol–water partition coefficient (Wildman–Crippen LogP) is 4.74. The van der Waals surface area contributed by atoms with Gasteiger partial charge in [-0.1, -0.05) is 0 Å². The first-order chi connectivity index (χ1) is 11.2. The van der Waals surface area contributed by atoms with Crippen molar-refractivity contribution < 1.29 is 22.7 Å². The fourth-order valence-electron chi connectivity index (χ4n) is 2.15. The van der Waals surface area contributed by atoms with E-state index < -0.39 is 18.6 Å². The fourth-order valence-corrected chi connectivity index (χ4v) is 2.81. The van der Waals surface area contributed by atoms with Crippen LogP contribution in [0.15, 0.2) is 41.1 Å². The van der Waals surface area contributed by atoms with E-state index in [9.17, 15) is 18.0 Å². The summed E-state index contributed by atoms with van der Waals surface area (Å²) in [6, 6.07) is 7.85. The van der Waals surface area contributed by atoms with E-state index in [0.717, 1.165) is 4.90 Å². The minimum Gasteiger partial charge on any atom is -0.491 e. The van der Waals surface area contributed by atoms with Crippen molar-refractivity contribution in [2.24, 2.45) is 0 Å². The first kappa shape index (κ1) is 18.3. The van der Waals surface area contributed by atoms with Crippen LogP contribution in [0.1, 0.15) is 29.8 Å². The van der Waals surface area contributed by atoms with Crippen LogP contribution >= 0.6 is 11.3 Å². The maximum Gasteiger partial charge on any atom is 0.406 e. The molecule has 0 aliphatic heterocycles. The molecule has 1 heterocycles. The van der Waals surface area contributed by atoms with Gasteiger partial charge in [0.25, 0.3) is 5.91 Å². The lowest BCUT2D eigenvalue weighted by Crippen LogP contribution is -2.38. The molecule has 2 rings (SSSR count). The van der Waals surface area contributed by atoms with Crippen molar-refractivity contribution in [2.45, 2.75) is 32.7 Å². The largest absolute Gasteiger partial charge is 0.491 e. The van der Waals surface area contributed by atoms with E-state index in [1.165, 1.54) is 23.5 Å². The summed E-state index contributed by atoms with van der Waals surface area (Å²) in [6.07, 6.45) is -4.47. The molecule has 0 saturated heterocycles. The van der Waals surface area contributed by atoms with Gasteiger partial charge in [-0.3, -0.25) is 4.79 Å². The Bertz CT molecular complexity index is 651. The molecule has 130 valence electrons. The van der Waals surface area contributed by atoms with Gasteiger partial charge in [0.2, 0.25) is 0 Å². The Labute approximate surface area is 142 Å². The first-order valence-corrected chi connectivity index (χ1v) is 8.33. The maximum atomic E-state index is 12.8. The summed E-state index contributed by atoms with van der Waals surface area (Å²) in [7, 11) is 0. The number of alkyl halides is 3. The zero-order chi connectivity index (χ0) is 17.7. The molecule has 0 aliphatic rings. The molecule has 24 heavy (non-hydrogen) atoms. The highest BCUT2D eigenvalue weighted by molar-refractivity contribution is 7.07. The highest BCUT2D eigenvalue weighted by Gasteiger charge is 2.33. The van der Waals surface area contributed by atoms with E-state index >= 15 is 0 Å². The number of hydrogen-bond donors (Lipinski definition) is 0. The van der Waals surface area contributed by atoms with Crippen LogP contribution in [0, 0.1) is 0 Å². The molecule has 2 aromatic rings. The molecule has 7 heteroatoms. The third-order valence-electron chi connectivity index (χ3n) is 3.08. The summed E-state index contributed by atoms with van der Waals surface area (Å²) >= 11 is 1.38. The Morgan fingerprint density at radius 3 is 2.38 bits per heavy atom. The average molecular weight is 357 g/mol. The van der Waals surface area contributed by atoms with Crippen molar-refractivity contribution in [2.75, 3.05) is 6.54 Å². The molecule has 1 amide bonds. The van der Waals surface area contributed by atoms with Crippen molar-refractivity contribution >= 4 is 17.2 Å². The van der Waals surface area contributed by atoms with Gasteiger partial charge in [0.1, 0.15) is 12.3 Å². The lowest BCUT2D eigenvalue weighted by molar-refractivity contribution is -0.141. The van der Waals surface area contributed by atoms with Gasteiger partial charge in [-0.15, -0.1) is 0 Å². The monoisotopic (exact) mass is 357 g/mol. The Hall–Kier alpha value is -2.02. The minimum atomic E-state index is -4.45. The summed E-state index contributed by atoms with van der Waals surface area (Å²) in [6.45, 7) is 2.37. The van der Waals surface area contributed by atoms with Crippen LogP contribution in [-0.4, -0.2) is 29.6 Å². The van der Waals surface area contributed by atoms with E-state index in [-0.39, 0.29) is 18.2 Å². The molecule has 0 unspecified atom stereocenters. The van der Waals surface area contributed by atoms with Crippen LogP contribution in [0.2, 0.25) is 0 Å². The quantitative estimate of drug-likeness (QED) is 0.747. The Morgan fingerprint density at radius 1 is 1.21 bits per heavy atom. The van der Waals surface area contributed by atoms with Crippen LogP contribution in [0.25, 0.3) is 0 Å². The van der Waals surface area contributed by atoms with Gasteiger partial charge in [0.15, 0.2) is 0 Å². The lowest BCUT2D eigenvalue weighted by atomic mass is 10.1. The Balaban J connectivity index is 2.16. The number of halogens is 3. The number of benzene rings is 1. The molecular formula is C17H18F3NO2S. The number of thiophene rings is 1. The van der Waals surface area contributed by atoms with E-state index in [4.69, 9.17) is 4.74 Å². The van der Waals surface area contributed by atoms with Crippen molar-refractivity contribution in [3.63, 3.8) is 0 Å². The standard InChI is InChI=1S/C17H18F3NO2S/c1-12(2)23-15-5-3-14(4-6-15)16(22)21(11-17(18,19)20)9-13-7-8-24-10-13/h3-8,10,12H,9,11H2,1-2H3. The van der Waals surface area contributed by atoms with Gasteiger partial charge in [0.05, 0.1) is 6.10 Å². The van der Waals surface area contributed by atoms with E-state index in [2.05, 4.69) is 0 Å². The number of hydrogen-bond acceptors (Lipinski definition) is 3. The van der Waals surface area contributed by atoms with Gasteiger partial charge >= 0.3 is 6.18 Å². The van der Waals surface area contributed by atoms with Crippen molar-refractivity contribution in [3.8, 4) is 5.75 Å². The predicted molar refractivity (Wildman–Crippen MR) is 87.3 cm³/mol. The van der Waals surface area contributed by atoms with Gasteiger partial charge in [-0.05, 0) is 60.5 Å². The third-order valence-corrected chi connectivity index (χ3v) is 3.82. The van der Waals surface area contributed by atoms with Crippen molar-refractivity contribution in [3.05, 3.63) is 52.2 Å². The zero-order valence-electron chi connectivity index (χ0n) is 13.3. The first-order valence-electron chi connectivity index (χ1n) is 7.38. The summed E-state index contributed by atoms with van der Waals surface area (Å²) in [5.74, 6) is -0.0867. The van der Waals surface area contributed by atoms with E-state index in [1.807, 2.05) is 13.8 Å². The van der Waals surface area contributed by atoms with Crippen LogP contribution < -0.4 is 4.74 Å². The molecule has 0 aliphatic carbocycles. The highest BCUT2D eigenvalue weighted by atomic mass is 32.1. The maximum absolute atomic E-state index is 12.8. The number of ether oxygens (including phenoxy) is 1. The molecule has 0 spiro atoms. The highest BCUT2D eigenvalue weighted by Crippen LogP contribution is 2.22. The second-order valence-electron chi connectivity index (χ2n) is 5.60.